The Balaban J connectivity index is 1.57. The molecule has 2 heterocycles. The fourth-order valence-electron chi connectivity index (χ4n) is 3.99. The van der Waals surface area contributed by atoms with Gasteiger partial charge in [-0.25, -0.2) is 14.9 Å². The van der Waals surface area contributed by atoms with Gasteiger partial charge in [0, 0.05) is 54.2 Å². The summed E-state index contributed by atoms with van der Waals surface area (Å²) in [5.41, 5.74) is 10.3. The minimum Gasteiger partial charge on any atom is -0.465 e. The number of fused-ring (bicyclic) bond motifs is 1. The number of nitrogens with two attached hydrogens (primary N) is 1. The van der Waals surface area contributed by atoms with Gasteiger partial charge in [-0.1, -0.05) is 19.1 Å². The second-order valence-corrected chi connectivity index (χ2v) is 8.78. The third kappa shape index (κ3) is 6.51. The summed E-state index contributed by atoms with van der Waals surface area (Å²) >= 11 is 0. The molecule has 0 unspecified atom stereocenters. The number of nitrogens with zero attached hydrogens (tertiary/aromatic N) is 4. The average molecular weight is 530 g/mol. The molecule has 0 atom stereocenters. The van der Waals surface area contributed by atoms with E-state index < -0.39 is 10.9 Å². The monoisotopic (exact) mass is 529 g/mol. The van der Waals surface area contributed by atoms with Crippen LogP contribution in [0.15, 0.2) is 71.5 Å². The van der Waals surface area contributed by atoms with E-state index in [4.69, 9.17) is 15.3 Å². The Bertz CT molecular complexity index is 1470. The van der Waals surface area contributed by atoms with Crippen LogP contribution in [-0.2, 0) is 21.0 Å². The third-order valence-electron chi connectivity index (χ3n) is 5.95. The summed E-state index contributed by atoms with van der Waals surface area (Å²) in [5, 5.41) is 12.2. The van der Waals surface area contributed by atoms with E-state index in [1.54, 1.807) is 30.5 Å². The summed E-state index contributed by atoms with van der Waals surface area (Å²) in [7, 11) is 1.31. The fourth-order valence-corrected chi connectivity index (χ4v) is 3.99. The topological polar surface area (TPSA) is 150 Å². The summed E-state index contributed by atoms with van der Waals surface area (Å²) in [5.74, 6) is -0.567. The zero-order valence-electron chi connectivity index (χ0n) is 21.5. The predicted octanol–water partition coefficient (Wildman–Crippen LogP) is 4.59. The second kappa shape index (κ2) is 12.1. The van der Waals surface area contributed by atoms with Crippen LogP contribution in [0.25, 0.3) is 17.2 Å². The maximum Gasteiger partial charge on any atom is 0.339 e. The third-order valence-corrected chi connectivity index (χ3v) is 5.95. The zero-order chi connectivity index (χ0) is 27.9. The van der Waals surface area contributed by atoms with Crippen LogP contribution in [0, 0.1) is 10.1 Å². The van der Waals surface area contributed by atoms with Gasteiger partial charge in [-0.05, 0) is 47.9 Å². The number of carbonyl (C=O) groups excluding carboxylic acids is 2. The number of non-ortho nitro benzene ring substituents is 1. The lowest BCUT2D eigenvalue weighted by molar-refractivity contribution is -0.384. The molecule has 1 aromatic heterocycles. The number of benzene rings is 2. The minimum atomic E-state index is -0.486. The summed E-state index contributed by atoms with van der Waals surface area (Å²) < 4.78 is 4.78. The van der Waals surface area contributed by atoms with Crippen LogP contribution in [0.1, 0.15) is 41.3 Å². The largest absolute Gasteiger partial charge is 0.465 e. The molecule has 1 amide bonds. The molecule has 0 bridgehead atoms. The maximum absolute atomic E-state index is 13.5. The van der Waals surface area contributed by atoms with Gasteiger partial charge in [-0.3, -0.25) is 24.7 Å². The van der Waals surface area contributed by atoms with Gasteiger partial charge in [0.2, 0.25) is 0 Å². The van der Waals surface area contributed by atoms with E-state index in [1.165, 1.54) is 30.5 Å². The van der Waals surface area contributed by atoms with Crippen LogP contribution >= 0.6 is 0 Å². The predicted molar refractivity (Wildman–Crippen MR) is 145 cm³/mol. The summed E-state index contributed by atoms with van der Waals surface area (Å²) in [4.78, 5) is 50.2. The Morgan fingerprint density at radius 3 is 2.56 bits per heavy atom. The Kier molecular flexibility index (Phi) is 8.42. The highest BCUT2D eigenvalue weighted by Gasteiger charge is 2.23. The molecule has 4 rings (SSSR count). The van der Waals surface area contributed by atoms with Crippen molar-refractivity contribution >= 4 is 35.2 Å². The number of hydroxylamine groups is 2. The normalized spacial score (nSPS) is 12.5. The summed E-state index contributed by atoms with van der Waals surface area (Å²) in [6.07, 6.45) is 5.59. The van der Waals surface area contributed by atoms with Crippen molar-refractivity contribution in [2.45, 2.75) is 26.4 Å². The van der Waals surface area contributed by atoms with Crippen molar-refractivity contribution in [3.8, 4) is 11.1 Å². The van der Waals surface area contributed by atoms with Crippen LogP contribution in [-0.4, -0.2) is 46.3 Å². The van der Waals surface area contributed by atoms with E-state index in [0.717, 1.165) is 5.56 Å². The quantitative estimate of drug-likeness (QED) is 0.240. The smallest absolute Gasteiger partial charge is 0.339 e. The van der Waals surface area contributed by atoms with Crippen LogP contribution in [0.2, 0.25) is 0 Å². The molecular weight excluding hydrogens is 502 g/mol. The highest BCUT2D eigenvalue weighted by molar-refractivity contribution is 6.05. The van der Waals surface area contributed by atoms with E-state index >= 15 is 0 Å². The molecule has 2 N–H and O–H groups in total. The van der Waals surface area contributed by atoms with E-state index in [1.807, 2.05) is 25.1 Å². The Morgan fingerprint density at radius 2 is 1.87 bits per heavy atom. The Labute approximate surface area is 224 Å². The lowest BCUT2D eigenvalue weighted by Gasteiger charge is -2.22. The van der Waals surface area contributed by atoms with Crippen molar-refractivity contribution in [1.82, 2.24) is 10.0 Å². The number of methoxy groups -OCH3 is 1. The van der Waals surface area contributed by atoms with Gasteiger partial charge in [0.15, 0.2) is 0 Å². The molecule has 11 nitrogen and oxygen atoms in total. The maximum atomic E-state index is 13.5. The molecule has 1 aliphatic heterocycles. The highest BCUT2D eigenvalue weighted by atomic mass is 16.7. The van der Waals surface area contributed by atoms with Crippen molar-refractivity contribution in [2.75, 3.05) is 13.7 Å². The molecule has 0 fully saturated rings. The standard InChI is InChI=1S/C28H27N5O6/c1-3-10-32(39-17-18-4-8-24(9-5-18)33(36)37)27(34)21-11-20-7-6-19(13-25(20)31-26(29)14-21)22-12-23(16-30-15-22)28(35)38-2/h4-9,11-13,15-16H,3,10,14,17H2,1-2H3,(H2,29,31). The number of rotatable bonds is 9. The molecule has 39 heavy (non-hydrogen) atoms. The van der Waals surface area contributed by atoms with Crippen molar-refractivity contribution < 1.29 is 24.1 Å². The van der Waals surface area contributed by atoms with Crippen molar-refractivity contribution in [1.29, 1.82) is 0 Å². The number of hydrogen-bond donors (Lipinski definition) is 1. The van der Waals surface area contributed by atoms with Gasteiger partial charge in [0.25, 0.3) is 11.6 Å². The SMILES string of the molecule is CCCN(OCc1ccc([N+](=O)[O-])cc1)C(=O)C1=Cc2ccc(-c3cncc(C(=O)OC)c3)cc2N=C(N)C1. The first-order valence-corrected chi connectivity index (χ1v) is 12.2. The molecule has 200 valence electrons. The Morgan fingerprint density at radius 1 is 1.10 bits per heavy atom. The van der Waals surface area contributed by atoms with E-state index in [2.05, 4.69) is 9.98 Å². The molecule has 0 saturated carbocycles. The number of carbonyl (C=O) groups is 2. The molecular formula is C28H27N5O6. The molecule has 0 spiro atoms. The highest BCUT2D eigenvalue weighted by Crippen LogP contribution is 2.32. The number of ether oxygens (including phenoxy) is 1. The number of aromatic nitrogens is 1. The first-order chi connectivity index (χ1) is 18.8. The Hall–Kier alpha value is -4.90. The average Bonchev–Trinajstić information content (AvgIpc) is 3.12. The van der Waals surface area contributed by atoms with Gasteiger partial charge < -0.3 is 10.5 Å². The first kappa shape index (κ1) is 27.1. The molecule has 0 saturated heterocycles. The van der Waals surface area contributed by atoms with Gasteiger partial charge in [-0.2, -0.15) is 0 Å². The number of pyridine rings is 1. The molecule has 0 aliphatic carbocycles. The number of amides is 1. The number of nitro benzene ring substituents is 1. The van der Waals surface area contributed by atoms with E-state index in [-0.39, 0.29) is 30.5 Å². The number of hydrogen-bond acceptors (Lipinski definition) is 9. The second-order valence-electron chi connectivity index (χ2n) is 8.78. The van der Waals surface area contributed by atoms with Crippen molar-refractivity contribution in [3.05, 3.63) is 93.3 Å². The van der Waals surface area contributed by atoms with Crippen LogP contribution in [0.5, 0.6) is 0 Å². The molecule has 11 heteroatoms. The van der Waals surface area contributed by atoms with Gasteiger partial charge in [0.1, 0.15) is 12.4 Å². The lowest BCUT2D eigenvalue weighted by Crippen LogP contribution is -2.34. The molecule has 1 aliphatic rings. The van der Waals surface area contributed by atoms with Crippen molar-refractivity contribution in [2.24, 2.45) is 10.7 Å². The summed E-state index contributed by atoms with van der Waals surface area (Å²) in [6, 6.07) is 13.1. The number of amidine groups is 1. The number of esters is 1. The van der Waals surface area contributed by atoms with Crippen molar-refractivity contribution in [3.63, 3.8) is 0 Å². The molecule has 3 aromatic rings. The zero-order valence-corrected chi connectivity index (χ0v) is 21.5. The number of nitro groups is 1. The fraction of sp³-hybridized carbons (Fsp3) is 0.214. The van der Waals surface area contributed by atoms with Gasteiger partial charge in [-0.15, -0.1) is 0 Å². The molecule has 0 radical (unpaired) electrons. The number of aliphatic imine (C=N–C) groups is 1. The summed E-state index contributed by atoms with van der Waals surface area (Å²) in [6.45, 7) is 2.34. The van der Waals surface area contributed by atoms with E-state index in [0.29, 0.717) is 46.5 Å². The van der Waals surface area contributed by atoms with Crippen LogP contribution in [0.3, 0.4) is 0 Å². The van der Waals surface area contributed by atoms with Gasteiger partial charge >= 0.3 is 5.97 Å². The minimum absolute atomic E-state index is 0.0205. The lowest BCUT2D eigenvalue weighted by atomic mass is 10.0. The van der Waals surface area contributed by atoms with Gasteiger partial charge in [0.05, 0.1) is 23.3 Å². The first-order valence-electron chi connectivity index (χ1n) is 12.2. The van der Waals surface area contributed by atoms with Crippen LogP contribution in [0.4, 0.5) is 11.4 Å². The van der Waals surface area contributed by atoms with E-state index in [9.17, 15) is 19.7 Å². The molecule has 2 aromatic carbocycles. The van der Waals surface area contributed by atoms with Crippen LogP contribution < -0.4 is 5.73 Å².